The zero-order valence-corrected chi connectivity index (χ0v) is 13.7. The van der Waals surface area contributed by atoms with Crippen molar-refractivity contribution in [2.75, 3.05) is 19.8 Å². The molecule has 0 bridgehead atoms. The highest BCUT2D eigenvalue weighted by Gasteiger charge is 2.19. The summed E-state index contributed by atoms with van der Waals surface area (Å²) in [5.74, 6) is 0.537. The maximum absolute atomic E-state index is 12.0. The fourth-order valence-corrected chi connectivity index (χ4v) is 3.29. The van der Waals surface area contributed by atoms with Crippen molar-refractivity contribution in [1.29, 1.82) is 0 Å². The van der Waals surface area contributed by atoms with Gasteiger partial charge in [-0.25, -0.2) is 12.7 Å². The van der Waals surface area contributed by atoms with Gasteiger partial charge in [0.2, 0.25) is 10.0 Å². The van der Waals surface area contributed by atoms with Crippen molar-refractivity contribution in [3.05, 3.63) is 18.2 Å². The average Bonchev–Trinajstić information content (AvgIpc) is 2.30. The Morgan fingerprint density at radius 1 is 1.21 bits per heavy atom. The van der Waals surface area contributed by atoms with Gasteiger partial charge in [-0.15, -0.1) is 11.8 Å². The summed E-state index contributed by atoms with van der Waals surface area (Å²) in [7, 11) is -0.399. The van der Waals surface area contributed by atoms with Crippen molar-refractivity contribution in [2.45, 2.75) is 35.8 Å². The van der Waals surface area contributed by atoms with E-state index in [1.165, 1.54) is 24.5 Å². The lowest BCUT2D eigenvalue weighted by Gasteiger charge is -2.17. The molecule has 1 aromatic rings. The van der Waals surface area contributed by atoms with Crippen molar-refractivity contribution < 1.29 is 8.42 Å². The molecule has 2 N–H and O–H groups in total. The Bertz CT molecular complexity index is 540. The van der Waals surface area contributed by atoms with Crippen molar-refractivity contribution in [3.8, 4) is 0 Å². The van der Waals surface area contributed by atoms with Gasteiger partial charge < -0.3 is 5.73 Å². The molecule has 0 saturated carbocycles. The van der Waals surface area contributed by atoms with Crippen molar-refractivity contribution in [3.63, 3.8) is 0 Å². The van der Waals surface area contributed by atoms with Crippen LogP contribution in [0, 0.1) is 5.92 Å². The molecule has 1 rings (SSSR count). The molecule has 0 aliphatic rings. The molecule has 0 aliphatic heterocycles. The zero-order chi connectivity index (χ0) is 14.8. The van der Waals surface area contributed by atoms with Crippen LogP contribution in [-0.2, 0) is 10.0 Å². The van der Waals surface area contributed by atoms with Crippen LogP contribution < -0.4 is 5.73 Å². The van der Waals surface area contributed by atoms with E-state index in [1.54, 1.807) is 23.9 Å². The monoisotopic (exact) mass is 302 g/mol. The van der Waals surface area contributed by atoms with E-state index in [0.717, 1.165) is 4.90 Å². The van der Waals surface area contributed by atoms with Gasteiger partial charge in [0, 0.05) is 29.9 Å². The first-order chi connectivity index (χ1) is 8.66. The molecule has 108 valence electrons. The molecule has 0 aliphatic carbocycles. The average molecular weight is 302 g/mol. The highest BCUT2D eigenvalue weighted by atomic mass is 32.2. The number of nitrogen functional groups attached to an aromatic ring is 1. The van der Waals surface area contributed by atoms with E-state index in [2.05, 4.69) is 20.8 Å². The molecular formula is C13H22N2O2S2. The van der Waals surface area contributed by atoms with E-state index in [1.807, 2.05) is 0 Å². The molecule has 6 heteroatoms. The largest absolute Gasteiger partial charge is 0.398 e. The van der Waals surface area contributed by atoms with Gasteiger partial charge in [-0.3, -0.25) is 0 Å². The molecule has 0 radical (unpaired) electrons. The smallest absolute Gasteiger partial charge is 0.242 e. The van der Waals surface area contributed by atoms with Gasteiger partial charge >= 0.3 is 0 Å². The number of anilines is 1. The molecule has 1 atom stereocenters. The summed E-state index contributed by atoms with van der Waals surface area (Å²) in [4.78, 5) is 1.16. The molecular weight excluding hydrogens is 280 g/mol. The molecule has 0 amide bonds. The summed E-state index contributed by atoms with van der Waals surface area (Å²) in [5, 5.41) is 0.429. The molecule has 0 aromatic heterocycles. The number of hydrogen-bond donors (Lipinski definition) is 1. The standard InChI is InChI=1S/C13H22N2O2S2/c1-9(2)10(3)18-13-7-6-11(8-12(13)14)19(16,17)15(4)5/h6-10H,14H2,1-5H3. The minimum absolute atomic E-state index is 0.233. The quantitative estimate of drug-likeness (QED) is 0.671. The molecule has 1 aromatic carbocycles. The number of nitrogens with two attached hydrogens (primary N) is 1. The Morgan fingerprint density at radius 2 is 1.79 bits per heavy atom. The highest BCUT2D eigenvalue weighted by molar-refractivity contribution is 8.00. The van der Waals surface area contributed by atoms with Gasteiger partial charge in [0.25, 0.3) is 0 Å². The summed E-state index contributed by atoms with van der Waals surface area (Å²) in [5.41, 5.74) is 6.48. The predicted octanol–water partition coefficient (Wildman–Crippen LogP) is 2.66. The third-order valence-corrected chi connectivity index (χ3v) is 6.36. The Morgan fingerprint density at radius 3 is 2.21 bits per heavy atom. The fraction of sp³-hybridized carbons (Fsp3) is 0.538. The number of nitrogens with zero attached hydrogens (tertiary/aromatic N) is 1. The molecule has 0 fully saturated rings. The van der Waals surface area contributed by atoms with Gasteiger partial charge in [0.1, 0.15) is 0 Å². The summed E-state index contributed by atoms with van der Waals surface area (Å²) in [6.45, 7) is 6.44. The minimum atomic E-state index is -3.42. The lowest BCUT2D eigenvalue weighted by Crippen LogP contribution is -2.22. The number of thioether (sulfide) groups is 1. The maximum atomic E-state index is 12.0. The van der Waals surface area contributed by atoms with Gasteiger partial charge in [0.05, 0.1) is 4.90 Å². The van der Waals surface area contributed by atoms with Crippen LogP contribution in [0.2, 0.25) is 0 Å². The van der Waals surface area contributed by atoms with Crippen LogP contribution >= 0.6 is 11.8 Å². The predicted molar refractivity (Wildman–Crippen MR) is 81.9 cm³/mol. The van der Waals surface area contributed by atoms with E-state index in [4.69, 9.17) is 5.73 Å². The van der Waals surface area contributed by atoms with Crippen LogP contribution in [0.5, 0.6) is 0 Å². The maximum Gasteiger partial charge on any atom is 0.242 e. The lowest BCUT2D eigenvalue weighted by atomic mass is 10.2. The Kier molecular flexibility index (Phi) is 5.29. The van der Waals surface area contributed by atoms with E-state index < -0.39 is 10.0 Å². The third-order valence-electron chi connectivity index (χ3n) is 3.01. The Hall–Kier alpha value is -0.720. The molecule has 19 heavy (non-hydrogen) atoms. The van der Waals surface area contributed by atoms with Crippen LogP contribution in [0.25, 0.3) is 0 Å². The normalized spacial score (nSPS) is 14.1. The molecule has 0 spiro atoms. The number of sulfonamides is 1. The van der Waals surface area contributed by atoms with Crippen molar-refractivity contribution >= 4 is 27.5 Å². The second kappa shape index (κ2) is 6.15. The van der Waals surface area contributed by atoms with Crippen LogP contribution in [0.15, 0.2) is 28.0 Å². The van der Waals surface area contributed by atoms with Crippen LogP contribution in [0.1, 0.15) is 20.8 Å². The van der Waals surface area contributed by atoms with Gasteiger partial charge in [0.15, 0.2) is 0 Å². The molecule has 0 saturated heterocycles. The van der Waals surface area contributed by atoms with Gasteiger partial charge in [-0.2, -0.15) is 0 Å². The van der Waals surface area contributed by atoms with E-state index in [0.29, 0.717) is 16.9 Å². The summed E-state index contributed by atoms with van der Waals surface area (Å²) in [6.07, 6.45) is 0. The molecule has 4 nitrogen and oxygen atoms in total. The van der Waals surface area contributed by atoms with Gasteiger partial charge in [-0.1, -0.05) is 20.8 Å². The number of hydrogen-bond acceptors (Lipinski definition) is 4. The van der Waals surface area contributed by atoms with Crippen molar-refractivity contribution in [2.24, 2.45) is 5.92 Å². The summed E-state index contributed by atoms with van der Waals surface area (Å²) >= 11 is 1.67. The van der Waals surface area contributed by atoms with Crippen molar-refractivity contribution in [1.82, 2.24) is 4.31 Å². The number of rotatable bonds is 5. The van der Waals surface area contributed by atoms with E-state index in [-0.39, 0.29) is 4.90 Å². The van der Waals surface area contributed by atoms with Crippen LogP contribution in [0.3, 0.4) is 0 Å². The Balaban J connectivity index is 3.05. The number of benzene rings is 1. The first-order valence-corrected chi connectivity index (χ1v) is 8.47. The second-order valence-corrected chi connectivity index (χ2v) is 8.62. The van der Waals surface area contributed by atoms with Crippen LogP contribution in [-0.4, -0.2) is 32.1 Å². The first kappa shape index (κ1) is 16.3. The van der Waals surface area contributed by atoms with E-state index >= 15 is 0 Å². The molecule has 1 unspecified atom stereocenters. The highest BCUT2D eigenvalue weighted by Crippen LogP contribution is 2.33. The first-order valence-electron chi connectivity index (χ1n) is 6.15. The zero-order valence-electron chi connectivity index (χ0n) is 12.0. The SMILES string of the molecule is CC(C)C(C)Sc1ccc(S(=O)(=O)N(C)C)cc1N. The van der Waals surface area contributed by atoms with E-state index in [9.17, 15) is 8.42 Å². The Labute approximate surface area is 120 Å². The topological polar surface area (TPSA) is 63.4 Å². The van der Waals surface area contributed by atoms with Gasteiger partial charge in [-0.05, 0) is 24.1 Å². The third kappa shape index (κ3) is 3.87. The lowest BCUT2D eigenvalue weighted by molar-refractivity contribution is 0.520. The minimum Gasteiger partial charge on any atom is -0.398 e. The van der Waals surface area contributed by atoms with Crippen LogP contribution in [0.4, 0.5) is 5.69 Å². The summed E-state index contributed by atoms with van der Waals surface area (Å²) in [6, 6.07) is 4.93. The summed E-state index contributed by atoms with van der Waals surface area (Å²) < 4.78 is 25.2. The fourth-order valence-electron chi connectivity index (χ4n) is 1.34. The molecule has 0 heterocycles. The second-order valence-electron chi connectivity index (χ2n) is 5.05.